The first-order valence-corrected chi connectivity index (χ1v) is 9.12. The number of anilines is 1. The van der Waals surface area contributed by atoms with Crippen molar-refractivity contribution in [3.8, 4) is 0 Å². The zero-order valence-corrected chi connectivity index (χ0v) is 15.5. The van der Waals surface area contributed by atoms with Gasteiger partial charge in [0.2, 0.25) is 11.9 Å². The lowest BCUT2D eigenvalue weighted by Crippen LogP contribution is -2.43. The van der Waals surface area contributed by atoms with Crippen LogP contribution in [0.1, 0.15) is 12.0 Å². The number of aryl methyl sites for hydroxylation is 1. The Bertz CT molecular complexity index is 692. The third kappa shape index (κ3) is 5.02. The molecule has 1 aromatic heterocycles. The van der Waals surface area contributed by atoms with Crippen LogP contribution in [0.3, 0.4) is 0 Å². The molecular formula is C20H27N5O. The van der Waals surface area contributed by atoms with Crippen molar-refractivity contribution in [1.29, 1.82) is 0 Å². The summed E-state index contributed by atoms with van der Waals surface area (Å²) in [6.45, 7) is 2.53. The molecule has 1 saturated heterocycles. The molecule has 26 heavy (non-hydrogen) atoms. The van der Waals surface area contributed by atoms with Crippen LogP contribution in [0.4, 0.5) is 5.95 Å². The SMILES string of the molecule is CN(C)CC1CN(c2ncccn2)CC1NC(=O)CCc1ccccc1. The molecule has 1 fully saturated rings. The van der Waals surface area contributed by atoms with E-state index in [1.165, 1.54) is 5.56 Å². The van der Waals surface area contributed by atoms with E-state index in [2.05, 4.69) is 51.3 Å². The van der Waals surface area contributed by atoms with Gasteiger partial charge < -0.3 is 15.1 Å². The minimum Gasteiger partial charge on any atom is -0.351 e. The third-order valence-electron chi connectivity index (χ3n) is 4.71. The standard InChI is InChI=1S/C20H27N5O/c1-24(2)13-17-14-25(20-21-11-6-12-22-20)15-18(17)23-19(26)10-9-16-7-4-3-5-8-16/h3-8,11-12,17-18H,9-10,13-15H2,1-2H3,(H,23,26). The Morgan fingerprint density at radius 1 is 1.15 bits per heavy atom. The molecule has 6 nitrogen and oxygen atoms in total. The predicted molar refractivity (Wildman–Crippen MR) is 103 cm³/mol. The second-order valence-electron chi connectivity index (χ2n) is 7.14. The van der Waals surface area contributed by atoms with Gasteiger partial charge in [-0.15, -0.1) is 0 Å². The van der Waals surface area contributed by atoms with Crippen molar-refractivity contribution < 1.29 is 4.79 Å². The van der Waals surface area contributed by atoms with Crippen molar-refractivity contribution in [3.63, 3.8) is 0 Å². The summed E-state index contributed by atoms with van der Waals surface area (Å²) in [6, 6.07) is 12.1. The monoisotopic (exact) mass is 353 g/mol. The van der Waals surface area contributed by atoms with Crippen LogP contribution in [0.15, 0.2) is 48.8 Å². The van der Waals surface area contributed by atoms with Crippen LogP contribution in [0.25, 0.3) is 0 Å². The summed E-state index contributed by atoms with van der Waals surface area (Å²) in [4.78, 5) is 25.5. The summed E-state index contributed by atoms with van der Waals surface area (Å²) in [5.74, 6) is 1.20. The first-order chi connectivity index (χ1) is 12.6. The molecular weight excluding hydrogens is 326 g/mol. The lowest BCUT2D eigenvalue weighted by atomic mass is 10.0. The number of aromatic nitrogens is 2. The summed E-state index contributed by atoms with van der Waals surface area (Å²) in [5.41, 5.74) is 1.19. The normalized spacial score (nSPS) is 19.7. The van der Waals surface area contributed by atoms with Crippen molar-refractivity contribution in [3.05, 3.63) is 54.4 Å². The zero-order chi connectivity index (χ0) is 18.4. The molecule has 0 saturated carbocycles. The quantitative estimate of drug-likeness (QED) is 0.819. The number of hydrogen-bond donors (Lipinski definition) is 1. The summed E-state index contributed by atoms with van der Waals surface area (Å²) < 4.78 is 0. The summed E-state index contributed by atoms with van der Waals surface area (Å²) in [6.07, 6.45) is 4.80. The Labute approximate surface area is 155 Å². The fourth-order valence-electron chi connectivity index (χ4n) is 3.49. The average molecular weight is 353 g/mol. The van der Waals surface area contributed by atoms with Crippen molar-refractivity contribution in [2.45, 2.75) is 18.9 Å². The van der Waals surface area contributed by atoms with Crippen LogP contribution < -0.4 is 10.2 Å². The fourth-order valence-corrected chi connectivity index (χ4v) is 3.49. The maximum absolute atomic E-state index is 12.5. The number of hydrogen-bond acceptors (Lipinski definition) is 5. The molecule has 0 bridgehead atoms. The van der Waals surface area contributed by atoms with Gasteiger partial charge in [-0.3, -0.25) is 4.79 Å². The maximum atomic E-state index is 12.5. The number of amides is 1. The molecule has 2 atom stereocenters. The van der Waals surface area contributed by atoms with Crippen LogP contribution >= 0.6 is 0 Å². The molecule has 0 radical (unpaired) electrons. The van der Waals surface area contributed by atoms with E-state index in [9.17, 15) is 4.79 Å². The van der Waals surface area contributed by atoms with Crippen molar-refractivity contribution in [1.82, 2.24) is 20.2 Å². The lowest BCUT2D eigenvalue weighted by molar-refractivity contribution is -0.121. The smallest absolute Gasteiger partial charge is 0.225 e. The van der Waals surface area contributed by atoms with Crippen LogP contribution in [0, 0.1) is 5.92 Å². The van der Waals surface area contributed by atoms with Gasteiger partial charge in [0.15, 0.2) is 0 Å². The van der Waals surface area contributed by atoms with Gasteiger partial charge in [0.1, 0.15) is 0 Å². The van der Waals surface area contributed by atoms with Crippen molar-refractivity contribution >= 4 is 11.9 Å². The predicted octanol–water partition coefficient (Wildman–Crippen LogP) is 1.59. The molecule has 1 amide bonds. The van der Waals surface area contributed by atoms with E-state index in [-0.39, 0.29) is 11.9 Å². The molecule has 2 heterocycles. The molecule has 138 valence electrons. The minimum absolute atomic E-state index is 0.110. The highest BCUT2D eigenvalue weighted by molar-refractivity contribution is 5.76. The highest BCUT2D eigenvalue weighted by atomic mass is 16.1. The Kier molecular flexibility index (Phi) is 6.17. The highest BCUT2D eigenvalue weighted by Crippen LogP contribution is 2.21. The molecule has 1 N–H and O–H groups in total. The molecule has 1 aromatic carbocycles. The topological polar surface area (TPSA) is 61.4 Å². The van der Waals surface area contributed by atoms with Gasteiger partial charge in [-0.2, -0.15) is 0 Å². The molecule has 0 spiro atoms. The molecule has 1 aliphatic heterocycles. The average Bonchev–Trinajstić information content (AvgIpc) is 3.03. The number of nitrogens with zero attached hydrogens (tertiary/aromatic N) is 4. The highest BCUT2D eigenvalue weighted by Gasteiger charge is 2.35. The van der Waals surface area contributed by atoms with Crippen LogP contribution in [-0.4, -0.2) is 60.5 Å². The Morgan fingerprint density at radius 2 is 1.88 bits per heavy atom. The Morgan fingerprint density at radius 3 is 2.58 bits per heavy atom. The summed E-state index contributed by atoms with van der Waals surface area (Å²) in [5, 5.41) is 3.24. The van der Waals surface area contributed by atoms with E-state index < -0.39 is 0 Å². The van der Waals surface area contributed by atoms with E-state index in [1.54, 1.807) is 12.4 Å². The van der Waals surface area contributed by atoms with Gasteiger partial charge in [-0.1, -0.05) is 30.3 Å². The van der Waals surface area contributed by atoms with Gasteiger partial charge in [0.05, 0.1) is 6.04 Å². The van der Waals surface area contributed by atoms with Gasteiger partial charge in [-0.25, -0.2) is 9.97 Å². The lowest BCUT2D eigenvalue weighted by Gasteiger charge is -2.22. The van der Waals surface area contributed by atoms with Gasteiger partial charge >= 0.3 is 0 Å². The van der Waals surface area contributed by atoms with E-state index in [0.717, 1.165) is 32.0 Å². The zero-order valence-electron chi connectivity index (χ0n) is 15.5. The number of rotatable bonds is 7. The van der Waals surface area contributed by atoms with E-state index in [1.807, 2.05) is 24.3 Å². The van der Waals surface area contributed by atoms with Crippen LogP contribution in [0.2, 0.25) is 0 Å². The van der Waals surface area contributed by atoms with Gasteiger partial charge in [-0.05, 0) is 32.1 Å². The summed E-state index contributed by atoms with van der Waals surface area (Å²) in [7, 11) is 4.13. The Balaban J connectivity index is 1.59. The number of benzene rings is 1. The van der Waals surface area contributed by atoms with Crippen LogP contribution in [0.5, 0.6) is 0 Å². The third-order valence-corrected chi connectivity index (χ3v) is 4.71. The van der Waals surface area contributed by atoms with Crippen LogP contribution in [-0.2, 0) is 11.2 Å². The number of carbonyl (C=O) groups is 1. The largest absolute Gasteiger partial charge is 0.351 e. The van der Waals surface area contributed by atoms with Gasteiger partial charge in [0, 0.05) is 44.4 Å². The van der Waals surface area contributed by atoms with E-state index >= 15 is 0 Å². The molecule has 1 aliphatic rings. The number of carbonyl (C=O) groups excluding carboxylic acids is 1. The molecule has 3 rings (SSSR count). The fraction of sp³-hybridized carbons (Fsp3) is 0.450. The molecule has 2 aromatic rings. The van der Waals surface area contributed by atoms with E-state index in [4.69, 9.17) is 0 Å². The first kappa shape index (κ1) is 18.3. The van der Waals surface area contributed by atoms with Crippen molar-refractivity contribution in [2.75, 3.05) is 38.6 Å². The van der Waals surface area contributed by atoms with Crippen molar-refractivity contribution in [2.24, 2.45) is 5.92 Å². The molecule has 0 aliphatic carbocycles. The maximum Gasteiger partial charge on any atom is 0.225 e. The molecule has 2 unspecified atom stereocenters. The number of nitrogens with one attached hydrogen (secondary N) is 1. The second-order valence-corrected chi connectivity index (χ2v) is 7.14. The second kappa shape index (κ2) is 8.76. The van der Waals surface area contributed by atoms with Gasteiger partial charge in [0.25, 0.3) is 0 Å². The first-order valence-electron chi connectivity index (χ1n) is 9.12. The molecule has 6 heteroatoms. The Hall–Kier alpha value is -2.47. The van der Waals surface area contributed by atoms with E-state index in [0.29, 0.717) is 12.3 Å². The minimum atomic E-state index is 0.110. The summed E-state index contributed by atoms with van der Waals surface area (Å²) >= 11 is 0.